The Morgan fingerprint density at radius 3 is 2.53 bits per heavy atom. The van der Waals surface area contributed by atoms with Gasteiger partial charge in [0.2, 0.25) is 0 Å². The van der Waals surface area contributed by atoms with Crippen molar-refractivity contribution >= 4 is 11.0 Å². The molecular formula is C27H42N2O5. The molecule has 0 aliphatic rings. The normalized spacial score (nSPS) is 14.0. The zero-order chi connectivity index (χ0) is 24.8. The molecule has 1 unspecified atom stereocenters. The van der Waals surface area contributed by atoms with Crippen molar-refractivity contribution in [3.8, 4) is 6.01 Å². The van der Waals surface area contributed by atoms with E-state index in [4.69, 9.17) is 18.9 Å². The van der Waals surface area contributed by atoms with Gasteiger partial charge in [0.15, 0.2) is 0 Å². The average Bonchev–Trinajstić information content (AvgIpc) is 3.15. The zero-order valence-electron chi connectivity index (χ0n) is 21.2. The minimum Gasteiger partial charge on any atom is -0.454 e. The molecule has 34 heavy (non-hydrogen) atoms. The zero-order valence-corrected chi connectivity index (χ0v) is 21.2. The number of aliphatic hydroxyl groups is 1. The van der Waals surface area contributed by atoms with Crippen molar-refractivity contribution in [2.45, 2.75) is 58.8 Å². The first-order valence-electron chi connectivity index (χ1n) is 12.2. The molecule has 1 heterocycles. The third-order valence-corrected chi connectivity index (χ3v) is 5.59. The number of ether oxygens (including phenoxy) is 4. The van der Waals surface area contributed by atoms with Crippen LogP contribution >= 0.6 is 0 Å². The van der Waals surface area contributed by atoms with Crippen molar-refractivity contribution in [1.82, 2.24) is 9.55 Å². The summed E-state index contributed by atoms with van der Waals surface area (Å²) in [6.45, 7) is 13.5. The molecule has 1 aromatic heterocycles. The number of imidazole rings is 1. The first kappa shape index (κ1) is 28.1. The molecule has 2 rings (SSSR count). The van der Waals surface area contributed by atoms with E-state index in [0.29, 0.717) is 57.9 Å². The Labute approximate surface area is 204 Å². The number of rotatable bonds is 18. The van der Waals surface area contributed by atoms with Gasteiger partial charge in [-0.1, -0.05) is 37.3 Å². The van der Waals surface area contributed by atoms with Gasteiger partial charge in [-0.2, -0.15) is 4.98 Å². The number of hydrogen-bond acceptors (Lipinski definition) is 6. The van der Waals surface area contributed by atoms with E-state index < -0.39 is 12.2 Å². The quantitative estimate of drug-likeness (QED) is 0.247. The molecule has 2 aromatic rings. The van der Waals surface area contributed by atoms with E-state index in [0.717, 1.165) is 23.9 Å². The second-order valence-corrected chi connectivity index (χ2v) is 8.84. The van der Waals surface area contributed by atoms with Gasteiger partial charge in [-0.05, 0) is 57.2 Å². The number of allylic oxidation sites excluding steroid dienone is 2. The van der Waals surface area contributed by atoms with Crippen LogP contribution in [0, 0.1) is 5.92 Å². The summed E-state index contributed by atoms with van der Waals surface area (Å²) >= 11 is 0. The molecule has 1 aromatic carbocycles. The molecule has 0 fully saturated rings. The number of aliphatic hydroxyl groups excluding tert-OH is 1. The van der Waals surface area contributed by atoms with Crippen LogP contribution in [-0.4, -0.2) is 67.0 Å². The van der Waals surface area contributed by atoms with Gasteiger partial charge in [0.1, 0.15) is 6.10 Å². The lowest BCUT2D eigenvalue weighted by Gasteiger charge is -2.23. The van der Waals surface area contributed by atoms with Crippen LogP contribution in [0.25, 0.3) is 11.0 Å². The fraction of sp³-hybridized carbons (Fsp3) is 0.593. The largest absolute Gasteiger partial charge is 0.454 e. The summed E-state index contributed by atoms with van der Waals surface area (Å²) < 4.78 is 24.3. The van der Waals surface area contributed by atoms with Crippen LogP contribution < -0.4 is 4.74 Å². The van der Waals surface area contributed by atoms with Crippen LogP contribution in [0.4, 0.5) is 0 Å². The molecule has 190 valence electrons. The maximum atomic E-state index is 10.9. The average molecular weight is 475 g/mol. The summed E-state index contributed by atoms with van der Waals surface area (Å²) in [5.74, 6) is 0.370. The first-order chi connectivity index (χ1) is 16.5. The maximum Gasteiger partial charge on any atom is 0.298 e. The molecule has 7 nitrogen and oxygen atoms in total. The lowest BCUT2D eigenvalue weighted by molar-refractivity contribution is 0.0210. The van der Waals surface area contributed by atoms with Crippen molar-refractivity contribution in [1.29, 1.82) is 0 Å². The third-order valence-electron chi connectivity index (χ3n) is 5.59. The molecular weight excluding hydrogens is 432 g/mol. The number of para-hydroxylation sites is 2. The van der Waals surface area contributed by atoms with E-state index in [1.165, 1.54) is 5.57 Å². The lowest BCUT2D eigenvalue weighted by Crippen LogP contribution is -2.32. The van der Waals surface area contributed by atoms with Crippen LogP contribution in [0.1, 0.15) is 40.0 Å². The van der Waals surface area contributed by atoms with Gasteiger partial charge in [-0.3, -0.25) is 4.57 Å². The van der Waals surface area contributed by atoms with E-state index in [2.05, 4.69) is 38.4 Å². The van der Waals surface area contributed by atoms with Gasteiger partial charge in [-0.25, -0.2) is 0 Å². The van der Waals surface area contributed by atoms with Crippen LogP contribution in [-0.2, 0) is 20.8 Å². The number of aromatic nitrogens is 2. The molecule has 0 aliphatic carbocycles. The number of hydrogen-bond donors (Lipinski definition) is 1. The molecule has 0 aliphatic heterocycles. The van der Waals surface area contributed by atoms with E-state index >= 15 is 0 Å². The van der Waals surface area contributed by atoms with E-state index in [-0.39, 0.29) is 0 Å². The first-order valence-corrected chi connectivity index (χ1v) is 12.2. The highest BCUT2D eigenvalue weighted by atomic mass is 16.5. The van der Waals surface area contributed by atoms with Crippen LogP contribution in [0.2, 0.25) is 0 Å². The van der Waals surface area contributed by atoms with E-state index in [1.54, 1.807) is 13.2 Å². The van der Waals surface area contributed by atoms with E-state index in [1.807, 2.05) is 28.8 Å². The lowest BCUT2D eigenvalue weighted by atomic mass is 9.95. The summed E-state index contributed by atoms with van der Waals surface area (Å²) in [6.07, 6.45) is 5.37. The smallest absolute Gasteiger partial charge is 0.298 e. The Morgan fingerprint density at radius 2 is 1.82 bits per heavy atom. The molecule has 0 bridgehead atoms. The summed E-state index contributed by atoms with van der Waals surface area (Å²) in [4.78, 5) is 4.66. The summed E-state index contributed by atoms with van der Waals surface area (Å²) in [5.41, 5.74) is 3.12. The van der Waals surface area contributed by atoms with Crippen molar-refractivity contribution in [3.63, 3.8) is 0 Å². The molecule has 0 spiro atoms. The standard InChI is InChI=1S/C27H42N2O5/c1-6-26(25(30)20-22(4)11-9-10-21(2)3)34-27-28-23-12-7-8-13-24(23)29(27)14-15-32-18-19-33-17-16-31-5/h6-8,10,12-13,22,25-26,30H,1,9,11,14-20H2,2-5H3/t22?,25-,26-/m0/s1. The molecule has 1 N–H and O–H groups in total. The van der Waals surface area contributed by atoms with Crippen molar-refractivity contribution in [2.75, 3.05) is 40.1 Å². The van der Waals surface area contributed by atoms with Gasteiger partial charge in [0.25, 0.3) is 6.01 Å². The highest BCUT2D eigenvalue weighted by Crippen LogP contribution is 2.24. The number of fused-ring (bicyclic) bond motifs is 1. The second kappa shape index (κ2) is 15.7. The Balaban J connectivity index is 1.97. The predicted octanol–water partition coefficient (Wildman–Crippen LogP) is 4.78. The SMILES string of the molecule is C=C[C@H](Oc1nc2ccccc2n1CCOCCOCCOC)[C@@H](O)CC(C)CCC=C(C)C. The monoisotopic (exact) mass is 474 g/mol. The minimum absolute atomic E-state index is 0.370. The molecule has 0 radical (unpaired) electrons. The summed E-state index contributed by atoms with van der Waals surface area (Å²) in [7, 11) is 1.65. The van der Waals surface area contributed by atoms with E-state index in [9.17, 15) is 5.11 Å². The predicted molar refractivity (Wildman–Crippen MR) is 136 cm³/mol. The third kappa shape index (κ3) is 9.58. The second-order valence-electron chi connectivity index (χ2n) is 8.84. The number of benzene rings is 1. The topological polar surface area (TPSA) is 75.0 Å². The number of methoxy groups -OCH3 is 1. The van der Waals surface area contributed by atoms with Gasteiger partial charge in [0, 0.05) is 7.11 Å². The molecule has 0 amide bonds. The van der Waals surface area contributed by atoms with Crippen LogP contribution in [0.15, 0.2) is 48.6 Å². The number of nitrogens with zero attached hydrogens (tertiary/aromatic N) is 2. The summed E-state index contributed by atoms with van der Waals surface area (Å²) in [6, 6.07) is 8.34. The fourth-order valence-electron chi connectivity index (χ4n) is 3.71. The van der Waals surface area contributed by atoms with Gasteiger partial charge < -0.3 is 24.1 Å². The van der Waals surface area contributed by atoms with Gasteiger partial charge in [0.05, 0.1) is 56.7 Å². The Bertz CT molecular complexity index is 875. The van der Waals surface area contributed by atoms with Crippen LogP contribution in [0.3, 0.4) is 0 Å². The van der Waals surface area contributed by atoms with Crippen molar-refractivity contribution < 1.29 is 24.1 Å². The Morgan fingerprint density at radius 1 is 1.12 bits per heavy atom. The highest BCUT2D eigenvalue weighted by molar-refractivity contribution is 5.76. The van der Waals surface area contributed by atoms with Crippen LogP contribution in [0.5, 0.6) is 6.01 Å². The minimum atomic E-state index is -0.659. The molecule has 7 heteroatoms. The molecule has 0 saturated heterocycles. The Hall–Kier alpha value is -2.19. The molecule has 3 atom stereocenters. The highest BCUT2D eigenvalue weighted by Gasteiger charge is 2.23. The van der Waals surface area contributed by atoms with Crippen molar-refractivity contribution in [3.05, 3.63) is 48.6 Å². The maximum absolute atomic E-state index is 10.9. The van der Waals surface area contributed by atoms with Gasteiger partial charge in [-0.15, -0.1) is 0 Å². The fourth-order valence-corrected chi connectivity index (χ4v) is 3.71. The van der Waals surface area contributed by atoms with Gasteiger partial charge >= 0.3 is 0 Å². The summed E-state index contributed by atoms with van der Waals surface area (Å²) in [5, 5.41) is 10.9. The Kier molecular flexibility index (Phi) is 12.9. The molecule has 0 saturated carbocycles. The van der Waals surface area contributed by atoms with Crippen molar-refractivity contribution in [2.24, 2.45) is 5.92 Å².